The van der Waals surface area contributed by atoms with Gasteiger partial charge < -0.3 is 5.11 Å². The summed E-state index contributed by atoms with van der Waals surface area (Å²) in [6, 6.07) is 3.32. The van der Waals surface area contributed by atoms with Crippen LogP contribution in [0.25, 0.3) is 0 Å². The fraction of sp³-hybridized carbons (Fsp3) is 0.444. The number of hydrogen-bond donors (Lipinski definition) is 1. The molecular formula is C9H12NO2S+. The molecule has 0 aliphatic heterocycles. The first-order chi connectivity index (χ1) is 6.11. The van der Waals surface area contributed by atoms with Gasteiger partial charge in [-0.3, -0.25) is 4.98 Å². The van der Waals surface area contributed by atoms with E-state index in [-0.39, 0.29) is 17.6 Å². The summed E-state index contributed by atoms with van der Waals surface area (Å²) in [6.45, 7) is 3.62. The Kier molecular flexibility index (Phi) is 3.06. The summed E-state index contributed by atoms with van der Waals surface area (Å²) in [7, 11) is 0. The monoisotopic (exact) mass is 198 g/mol. The van der Waals surface area contributed by atoms with Crippen molar-refractivity contribution in [2.45, 2.75) is 18.8 Å². The van der Waals surface area contributed by atoms with Gasteiger partial charge in [-0.1, -0.05) is 13.8 Å². The molecule has 1 N–H and O–H groups in total. The van der Waals surface area contributed by atoms with Gasteiger partial charge in [-0.2, -0.15) is 0 Å². The number of rotatable bonds is 3. The maximum atomic E-state index is 10.8. The van der Waals surface area contributed by atoms with Crippen molar-refractivity contribution >= 4 is 11.7 Å². The van der Waals surface area contributed by atoms with E-state index in [2.05, 4.69) is 4.98 Å². The van der Waals surface area contributed by atoms with Crippen molar-refractivity contribution in [2.75, 3.05) is 0 Å². The molecule has 0 amide bonds. The van der Waals surface area contributed by atoms with Gasteiger partial charge in [0.25, 0.3) is 0 Å². The molecule has 0 aliphatic rings. The molecule has 0 bridgehead atoms. The van der Waals surface area contributed by atoms with Crippen LogP contribution in [-0.4, -0.2) is 10.1 Å². The fourth-order valence-electron chi connectivity index (χ4n) is 1.07. The van der Waals surface area contributed by atoms with Gasteiger partial charge in [0.2, 0.25) is 0 Å². The van der Waals surface area contributed by atoms with E-state index in [1.54, 1.807) is 24.5 Å². The van der Waals surface area contributed by atoms with Crippen LogP contribution < -0.4 is 0 Å². The lowest BCUT2D eigenvalue weighted by Gasteiger charge is -2.14. The third kappa shape index (κ3) is 1.89. The molecule has 70 valence electrons. The minimum atomic E-state index is -1.34. The van der Waals surface area contributed by atoms with Gasteiger partial charge in [0.1, 0.15) is 0 Å². The van der Waals surface area contributed by atoms with E-state index in [9.17, 15) is 9.32 Å². The lowest BCUT2D eigenvalue weighted by molar-refractivity contribution is 0.0828. The minimum Gasteiger partial charge on any atom is -0.332 e. The Morgan fingerprint density at radius 3 is 2.38 bits per heavy atom. The second-order valence-corrected chi connectivity index (χ2v) is 3.96. The molecule has 0 aliphatic carbocycles. The van der Waals surface area contributed by atoms with Gasteiger partial charge >= 0.3 is 16.6 Å². The Morgan fingerprint density at radius 2 is 2.00 bits per heavy atom. The van der Waals surface area contributed by atoms with Gasteiger partial charge in [0, 0.05) is 22.5 Å². The van der Waals surface area contributed by atoms with Crippen LogP contribution in [0.5, 0.6) is 0 Å². The summed E-state index contributed by atoms with van der Waals surface area (Å²) in [5, 5.41) is 9.99. The smallest absolute Gasteiger partial charge is 0.332 e. The minimum absolute atomic E-state index is 0.127. The van der Waals surface area contributed by atoms with E-state index in [1.165, 1.54) is 0 Å². The molecule has 1 atom stereocenters. The molecule has 1 rings (SSSR count). The van der Waals surface area contributed by atoms with Crippen LogP contribution in [0.15, 0.2) is 24.5 Å². The number of hydrogen-bond acceptors (Lipinski definition) is 3. The zero-order valence-corrected chi connectivity index (χ0v) is 8.41. The van der Waals surface area contributed by atoms with Crippen LogP contribution in [0.4, 0.5) is 0 Å². The van der Waals surface area contributed by atoms with Crippen LogP contribution >= 0.6 is 0 Å². The highest BCUT2D eigenvalue weighted by molar-refractivity contribution is 7.66. The van der Waals surface area contributed by atoms with Crippen molar-refractivity contribution in [1.82, 2.24) is 4.98 Å². The van der Waals surface area contributed by atoms with E-state index in [1.807, 2.05) is 13.8 Å². The lowest BCUT2D eigenvalue weighted by atomic mass is 9.99. The Bertz CT molecular complexity index is 289. The van der Waals surface area contributed by atoms with Gasteiger partial charge in [0.15, 0.2) is 0 Å². The summed E-state index contributed by atoms with van der Waals surface area (Å²) in [5.74, 6) is -0.127. The average molecular weight is 198 g/mol. The van der Waals surface area contributed by atoms with Gasteiger partial charge in [-0.25, -0.2) is 0 Å². The number of aromatic nitrogens is 1. The van der Waals surface area contributed by atoms with Crippen molar-refractivity contribution in [3.63, 3.8) is 0 Å². The molecule has 0 saturated heterocycles. The van der Waals surface area contributed by atoms with E-state index in [4.69, 9.17) is 0 Å². The third-order valence-corrected chi connectivity index (χ3v) is 2.96. The van der Waals surface area contributed by atoms with Crippen LogP contribution in [0.1, 0.15) is 19.4 Å². The Hall–Kier alpha value is -0.870. The number of nitrogens with zero attached hydrogens (tertiary/aromatic N) is 1. The van der Waals surface area contributed by atoms with E-state index < -0.39 is 4.93 Å². The zero-order valence-electron chi connectivity index (χ0n) is 7.60. The first-order valence-electron chi connectivity index (χ1n) is 4.05. The van der Waals surface area contributed by atoms with Crippen molar-refractivity contribution in [2.24, 2.45) is 5.92 Å². The molecule has 13 heavy (non-hydrogen) atoms. The Morgan fingerprint density at radius 1 is 1.46 bits per heavy atom. The van der Waals surface area contributed by atoms with E-state index >= 15 is 0 Å². The topological polar surface area (TPSA) is 50.2 Å². The molecule has 0 spiro atoms. The zero-order chi connectivity index (χ0) is 9.90. The molecule has 0 saturated carbocycles. The summed E-state index contributed by atoms with van der Waals surface area (Å²) in [6.07, 6.45) is 3.14. The quantitative estimate of drug-likeness (QED) is 0.588. The maximum Gasteiger partial charge on any atom is 0.502 e. The van der Waals surface area contributed by atoms with Crippen molar-refractivity contribution in [1.29, 1.82) is 0 Å². The highest BCUT2D eigenvalue weighted by atomic mass is 32.1. The van der Waals surface area contributed by atoms with E-state index in [0.717, 1.165) is 0 Å². The fourth-order valence-corrected chi connectivity index (χ4v) is 1.49. The number of pyridine rings is 1. The first kappa shape index (κ1) is 10.2. The second-order valence-electron chi connectivity index (χ2n) is 3.17. The standard InChI is InChI=1S/C9H12NO2S/c1-7(2)9(11,13-12)8-3-5-10-6-4-8/h3-7,11H,1-2H3/q+1. The summed E-state index contributed by atoms with van der Waals surface area (Å²) in [4.78, 5) is 2.49. The molecule has 1 aromatic heterocycles. The first-order valence-corrected chi connectivity index (χ1v) is 4.79. The van der Waals surface area contributed by atoms with Crippen LogP contribution in [-0.2, 0) is 20.8 Å². The highest BCUT2D eigenvalue weighted by Gasteiger charge is 2.47. The lowest BCUT2D eigenvalue weighted by Crippen LogP contribution is -2.30. The Balaban J connectivity index is 3.10. The number of aliphatic hydroxyl groups is 1. The van der Waals surface area contributed by atoms with E-state index in [0.29, 0.717) is 5.56 Å². The maximum absolute atomic E-state index is 10.8. The average Bonchev–Trinajstić information content (AvgIpc) is 2.17. The molecule has 0 fully saturated rings. The summed E-state index contributed by atoms with van der Waals surface area (Å²) in [5.41, 5.74) is 0.609. The van der Waals surface area contributed by atoms with Crippen LogP contribution in [0, 0.1) is 5.92 Å². The third-order valence-electron chi connectivity index (χ3n) is 2.00. The summed E-state index contributed by atoms with van der Waals surface area (Å²) >= 11 is 0.211. The largest absolute Gasteiger partial charge is 0.502 e. The van der Waals surface area contributed by atoms with Gasteiger partial charge in [-0.05, 0) is 12.1 Å². The molecule has 1 unspecified atom stereocenters. The molecule has 0 radical (unpaired) electrons. The molecule has 3 nitrogen and oxygen atoms in total. The predicted octanol–water partition coefficient (Wildman–Crippen LogP) is 1.31. The molecule has 1 heterocycles. The molecule has 0 aromatic carbocycles. The molecular weight excluding hydrogens is 186 g/mol. The second kappa shape index (κ2) is 3.89. The molecule has 1 aromatic rings. The predicted molar refractivity (Wildman–Crippen MR) is 51.0 cm³/mol. The SMILES string of the molecule is CC(C)C(O)([S+]=O)c1ccncc1. The van der Waals surface area contributed by atoms with Crippen LogP contribution in [0.2, 0.25) is 0 Å². The normalized spacial score (nSPS) is 15.4. The van der Waals surface area contributed by atoms with Crippen molar-refractivity contribution < 1.29 is 9.32 Å². The summed E-state index contributed by atoms with van der Waals surface area (Å²) < 4.78 is 10.8. The highest BCUT2D eigenvalue weighted by Crippen LogP contribution is 2.28. The van der Waals surface area contributed by atoms with Gasteiger partial charge in [0.05, 0.1) is 5.56 Å². The van der Waals surface area contributed by atoms with Gasteiger partial charge in [-0.15, -0.1) is 0 Å². The molecule has 4 heteroatoms. The Labute approximate surface area is 81.3 Å². The van der Waals surface area contributed by atoms with Crippen LogP contribution in [0.3, 0.4) is 0 Å². The van der Waals surface area contributed by atoms with Crippen molar-refractivity contribution in [3.8, 4) is 0 Å². The van der Waals surface area contributed by atoms with Crippen molar-refractivity contribution in [3.05, 3.63) is 30.1 Å².